The van der Waals surface area contributed by atoms with Gasteiger partial charge in [0.25, 0.3) is 11.8 Å². The third-order valence-corrected chi connectivity index (χ3v) is 7.61. The number of amides is 4. The summed E-state index contributed by atoms with van der Waals surface area (Å²) in [4.78, 5) is 51.3. The molecule has 0 bridgehead atoms. The third kappa shape index (κ3) is 5.19. The van der Waals surface area contributed by atoms with Gasteiger partial charge in [0, 0.05) is 18.7 Å². The summed E-state index contributed by atoms with van der Waals surface area (Å²) in [6.07, 6.45) is 4.14. The molecule has 2 heterocycles. The van der Waals surface area contributed by atoms with Crippen LogP contribution in [0.1, 0.15) is 86.9 Å². The quantitative estimate of drug-likeness (QED) is 0.342. The SMILES string of the molecule is [B]NCCC(C)(CC)CC(C)(CC)CNc1cccc2c1C(=O)N(C1CCC(=O)NC1=O)C2=O. The van der Waals surface area contributed by atoms with Crippen LogP contribution >= 0.6 is 0 Å². The molecule has 3 unspecified atom stereocenters. The van der Waals surface area contributed by atoms with Crippen molar-refractivity contribution < 1.29 is 19.2 Å². The van der Waals surface area contributed by atoms with Gasteiger partial charge in [0.2, 0.25) is 11.8 Å². The van der Waals surface area contributed by atoms with Crippen molar-refractivity contribution >= 4 is 37.3 Å². The zero-order chi connectivity index (χ0) is 25.1. The Morgan fingerprint density at radius 1 is 1.09 bits per heavy atom. The first kappa shape index (κ1) is 25.9. The Labute approximate surface area is 203 Å². The number of nitrogens with zero attached hydrogens (tertiary/aromatic N) is 1. The van der Waals surface area contributed by atoms with E-state index in [-0.39, 0.29) is 35.1 Å². The summed E-state index contributed by atoms with van der Waals surface area (Å²) in [5.74, 6) is -1.99. The Morgan fingerprint density at radius 2 is 1.79 bits per heavy atom. The second kappa shape index (κ2) is 10.3. The number of anilines is 1. The fraction of sp³-hybridized carbons (Fsp3) is 0.600. The first-order valence-corrected chi connectivity index (χ1v) is 12.1. The van der Waals surface area contributed by atoms with E-state index in [2.05, 4.69) is 43.6 Å². The summed E-state index contributed by atoms with van der Waals surface area (Å²) < 4.78 is 0. The molecule has 8 nitrogen and oxygen atoms in total. The number of benzene rings is 1. The van der Waals surface area contributed by atoms with E-state index in [1.54, 1.807) is 18.2 Å². The number of carbonyl (C=O) groups excluding carboxylic acids is 4. The van der Waals surface area contributed by atoms with Crippen molar-refractivity contribution in [3.63, 3.8) is 0 Å². The van der Waals surface area contributed by atoms with Gasteiger partial charge in [0.1, 0.15) is 6.04 Å². The molecule has 3 N–H and O–H groups in total. The number of piperidine rings is 1. The topological polar surface area (TPSA) is 108 Å². The fourth-order valence-electron chi connectivity index (χ4n) is 5.08. The number of imide groups is 2. The Balaban J connectivity index is 1.80. The molecule has 1 aromatic rings. The Kier molecular flexibility index (Phi) is 7.86. The van der Waals surface area contributed by atoms with Crippen LogP contribution in [0.5, 0.6) is 0 Å². The van der Waals surface area contributed by atoms with Crippen molar-refractivity contribution in [1.29, 1.82) is 0 Å². The van der Waals surface area contributed by atoms with Crippen molar-refractivity contribution in [3.8, 4) is 0 Å². The van der Waals surface area contributed by atoms with Crippen LogP contribution in [0.25, 0.3) is 0 Å². The molecule has 3 atom stereocenters. The minimum Gasteiger partial charge on any atom is -0.384 e. The third-order valence-electron chi connectivity index (χ3n) is 7.61. The van der Waals surface area contributed by atoms with Crippen molar-refractivity contribution in [3.05, 3.63) is 29.3 Å². The fourth-order valence-corrected chi connectivity index (χ4v) is 5.08. The second-order valence-electron chi connectivity index (χ2n) is 10.2. The standard InChI is InChI=1S/C25H35BN4O4/c1-5-24(3,12-13-28-26)14-25(4,6-2)15-27-17-9-7-8-16-20(17)23(34)30(22(16)33)18-10-11-19(31)29-21(18)32/h7-9,18,27-28H,5-6,10-15H2,1-4H3,(H,29,31,32). The average Bonchev–Trinajstić information content (AvgIpc) is 3.07. The molecule has 3 rings (SSSR count). The van der Waals surface area contributed by atoms with E-state index in [0.29, 0.717) is 17.8 Å². The van der Waals surface area contributed by atoms with E-state index in [1.165, 1.54) is 0 Å². The van der Waals surface area contributed by atoms with E-state index in [0.717, 1.165) is 37.1 Å². The van der Waals surface area contributed by atoms with Crippen molar-refractivity contribution in [2.45, 2.75) is 72.3 Å². The van der Waals surface area contributed by atoms with Gasteiger partial charge in [0.05, 0.1) is 11.1 Å². The van der Waals surface area contributed by atoms with Crippen molar-refractivity contribution in [2.75, 3.05) is 18.4 Å². The molecule has 1 fully saturated rings. The van der Waals surface area contributed by atoms with Gasteiger partial charge in [-0.25, -0.2) is 0 Å². The predicted molar refractivity (Wildman–Crippen MR) is 131 cm³/mol. The molecular formula is C25H35BN4O4. The molecule has 0 aromatic heterocycles. The maximum absolute atomic E-state index is 13.3. The minimum absolute atomic E-state index is 0.0446. The van der Waals surface area contributed by atoms with E-state index in [4.69, 9.17) is 7.98 Å². The molecule has 0 saturated carbocycles. The van der Waals surface area contributed by atoms with E-state index >= 15 is 0 Å². The van der Waals surface area contributed by atoms with Gasteiger partial charge >= 0.3 is 0 Å². The van der Waals surface area contributed by atoms with E-state index in [9.17, 15) is 19.2 Å². The Morgan fingerprint density at radius 3 is 2.41 bits per heavy atom. The highest BCUT2D eigenvalue weighted by atomic mass is 16.2. The monoisotopic (exact) mass is 466 g/mol. The molecule has 9 heteroatoms. The van der Waals surface area contributed by atoms with Gasteiger partial charge in [-0.2, -0.15) is 0 Å². The molecule has 182 valence electrons. The summed E-state index contributed by atoms with van der Waals surface area (Å²) >= 11 is 0. The predicted octanol–water partition coefficient (Wildman–Crippen LogP) is 2.79. The number of fused-ring (bicyclic) bond motifs is 1. The second-order valence-corrected chi connectivity index (χ2v) is 10.2. The smallest absolute Gasteiger partial charge is 0.264 e. The summed E-state index contributed by atoms with van der Waals surface area (Å²) in [5, 5.41) is 8.42. The van der Waals surface area contributed by atoms with Crippen LogP contribution in [-0.2, 0) is 9.59 Å². The van der Waals surface area contributed by atoms with Gasteiger partial charge in [-0.1, -0.05) is 40.2 Å². The molecular weight excluding hydrogens is 431 g/mol. The van der Waals surface area contributed by atoms with Crippen LogP contribution in [0, 0.1) is 10.8 Å². The van der Waals surface area contributed by atoms with E-state index < -0.39 is 23.8 Å². The van der Waals surface area contributed by atoms with Gasteiger partial charge in [-0.3, -0.25) is 29.4 Å². The summed E-state index contributed by atoms with van der Waals surface area (Å²) in [6, 6.07) is 4.18. The summed E-state index contributed by atoms with van der Waals surface area (Å²) in [7, 11) is 5.51. The molecule has 2 aliphatic rings. The highest BCUT2D eigenvalue weighted by molar-refractivity contribution is 6.25. The van der Waals surface area contributed by atoms with Crippen LogP contribution < -0.4 is 15.9 Å². The number of hydrogen-bond donors (Lipinski definition) is 3. The zero-order valence-electron chi connectivity index (χ0n) is 20.6. The first-order valence-electron chi connectivity index (χ1n) is 12.1. The van der Waals surface area contributed by atoms with Gasteiger partial charge in [0.15, 0.2) is 7.98 Å². The van der Waals surface area contributed by atoms with Crippen molar-refractivity contribution in [2.24, 2.45) is 10.8 Å². The molecule has 4 amide bonds. The van der Waals surface area contributed by atoms with Crippen LogP contribution in [-0.4, -0.2) is 55.6 Å². The van der Waals surface area contributed by atoms with Gasteiger partial charge in [-0.15, -0.1) is 0 Å². The summed E-state index contributed by atoms with van der Waals surface area (Å²) in [5.41, 5.74) is 1.24. The lowest BCUT2D eigenvalue weighted by molar-refractivity contribution is -0.136. The Hall–Kier alpha value is -2.68. The zero-order valence-corrected chi connectivity index (χ0v) is 20.6. The molecule has 1 saturated heterocycles. The normalized spacial score (nSPS) is 21.6. The number of rotatable bonds is 11. The molecule has 0 spiro atoms. The maximum atomic E-state index is 13.3. The van der Waals surface area contributed by atoms with Crippen LogP contribution in [0.4, 0.5) is 5.69 Å². The first-order chi connectivity index (χ1) is 16.1. The maximum Gasteiger partial charge on any atom is 0.264 e. The van der Waals surface area contributed by atoms with Crippen LogP contribution in [0.15, 0.2) is 18.2 Å². The van der Waals surface area contributed by atoms with Crippen LogP contribution in [0.2, 0.25) is 0 Å². The largest absolute Gasteiger partial charge is 0.384 e. The Bertz CT molecular complexity index is 984. The lowest BCUT2D eigenvalue weighted by Gasteiger charge is -2.39. The summed E-state index contributed by atoms with van der Waals surface area (Å²) in [6.45, 7) is 10.2. The lowest BCUT2D eigenvalue weighted by Crippen LogP contribution is -2.54. The molecule has 2 radical (unpaired) electrons. The molecule has 1 aromatic carbocycles. The van der Waals surface area contributed by atoms with Gasteiger partial charge < -0.3 is 10.5 Å². The number of carbonyl (C=O) groups is 4. The average molecular weight is 466 g/mol. The van der Waals surface area contributed by atoms with Crippen molar-refractivity contribution in [1.82, 2.24) is 15.4 Å². The number of nitrogens with one attached hydrogen (secondary N) is 3. The molecule has 34 heavy (non-hydrogen) atoms. The minimum atomic E-state index is -0.972. The number of hydrogen-bond acceptors (Lipinski definition) is 6. The highest BCUT2D eigenvalue weighted by Gasteiger charge is 2.45. The lowest BCUT2D eigenvalue weighted by atomic mass is 9.68. The van der Waals surface area contributed by atoms with E-state index in [1.807, 2.05) is 0 Å². The molecule has 0 aliphatic carbocycles. The molecule has 2 aliphatic heterocycles. The highest BCUT2D eigenvalue weighted by Crippen LogP contribution is 2.42. The van der Waals surface area contributed by atoms with Gasteiger partial charge in [-0.05, 0) is 55.2 Å². The van der Waals surface area contributed by atoms with Crippen LogP contribution in [0.3, 0.4) is 0 Å².